The van der Waals surface area contributed by atoms with Crippen LogP contribution in [0.1, 0.15) is 25.3 Å². The normalized spacial score (nSPS) is 12.1. The molecule has 2 heterocycles. The summed E-state index contributed by atoms with van der Waals surface area (Å²) in [5.74, 6) is 0.411. The third-order valence-corrected chi connectivity index (χ3v) is 4.94. The van der Waals surface area contributed by atoms with Crippen LogP contribution in [0.5, 0.6) is 5.75 Å². The zero-order chi connectivity index (χ0) is 21.7. The minimum Gasteiger partial charge on any atom is -0.493 e. The molecule has 0 saturated heterocycles. The Morgan fingerprint density at radius 1 is 1.27 bits per heavy atom. The van der Waals surface area contributed by atoms with Crippen molar-refractivity contribution in [2.24, 2.45) is 5.73 Å². The number of fused-ring (bicyclic) bond motifs is 1. The van der Waals surface area contributed by atoms with Crippen molar-refractivity contribution in [3.8, 4) is 5.75 Å². The molecule has 0 bridgehead atoms. The molecule has 1 aromatic carbocycles. The number of nitrogen functional groups attached to an aromatic ring is 1. The van der Waals surface area contributed by atoms with Gasteiger partial charge in [0.25, 0.3) is 0 Å². The van der Waals surface area contributed by atoms with E-state index in [-0.39, 0.29) is 0 Å². The Hall–Kier alpha value is -2.62. The third kappa shape index (κ3) is 5.10. The van der Waals surface area contributed by atoms with Gasteiger partial charge in [0.05, 0.1) is 31.1 Å². The van der Waals surface area contributed by atoms with Crippen LogP contribution in [0.15, 0.2) is 24.8 Å². The number of nitrogens with zero attached hydrogens (tertiary/aromatic N) is 4. The largest absolute Gasteiger partial charge is 0.493 e. The number of benzene rings is 1. The van der Waals surface area contributed by atoms with E-state index in [1.807, 2.05) is 0 Å². The Balaban J connectivity index is 1.73. The number of imidazole rings is 1. The van der Waals surface area contributed by atoms with Gasteiger partial charge in [-0.1, -0.05) is 23.2 Å². The molecule has 0 unspecified atom stereocenters. The van der Waals surface area contributed by atoms with Crippen LogP contribution in [0, 0.1) is 0 Å². The van der Waals surface area contributed by atoms with Gasteiger partial charge in [0, 0.05) is 10.6 Å². The van der Waals surface area contributed by atoms with E-state index in [1.54, 1.807) is 30.0 Å². The van der Waals surface area contributed by atoms with E-state index in [4.69, 9.17) is 44.1 Å². The fourth-order valence-corrected chi connectivity index (χ4v) is 3.43. The molecule has 30 heavy (non-hydrogen) atoms. The molecule has 3 rings (SSSR count). The van der Waals surface area contributed by atoms with Gasteiger partial charge < -0.3 is 25.5 Å². The van der Waals surface area contributed by atoms with Gasteiger partial charge in [-0.3, -0.25) is 4.79 Å². The highest BCUT2D eigenvalue weighted by molar-refractivity contribution is 6.35. The van der Waals surface area contributed by atoms with E-state index in [9.17, 15) is 4.79 Å². The van der Waals surface area contributed by atoms with Crippen molar-refractivity contribution < 1.29 is 14.3 Å². The minimum absolute atomic E-state index is 0.299. The maximum atomic E-state index is 11.6. The number of ether oxygens (including phenoxy) is 2. The molecule has 0 saturated carbocycles. The van der Waals surface area contributed by atoms with Gasteiger partial charge in [-0.2, -0.15) is 0 Å². The lowest BCUT2D eigenvalue weighted by atomic mass is 10.1. The SMILES string of the molecule is CCOC(=O)[C@H](N)CCCOc1cc(Cl)cc(Cl)c1Cn1cnc2c(N)ncnc21. The van der Waals surface area contributed by atoms with Gasteiger partial charge in [-0.05, 0) is 31.9 Å². The molecular weight excluding hydrogens is 431 g/mol. The average Bonchev–Trinajstić information content (AvgIpc) is 3.12. The predicted octanol–water partition coefficient (Wildman–Crippen LogP) is 2.81. The molecule has 0 aliphatic heterocycles. The molecule has 3 aromatic rings. The Morgan fingerprint density at radius 2 is 2.07 bits per heavy atom. The Morgan fingerprint density at radius 3 is 2.83 bits per heavy atom. The highest BCUT2D eigenvalue weighted by Crippen LogP contribution is 2.32. The van der Waals surface area contributed by atoms with Crippen LogP contribution in [0.4, 0.5) is 5.82 Å². The van der Waals surface area contributed by atoms with Gasteiger partial charge in [0.15, 0.2) is 11.5 Å². The first kappa shape index (κ1) is 22.1. The van der Waals surface area contributed by atoms with E-state index in [0.29, 0.717) is 70.9 Å². The standard InChI is InChI=1S/C19H22Cl2N6O3/c1-2-29-19(28)14(22)4-3-5-30-15-7-11(20)6-13(21)12(15)8-27-10-26-16-17(23)24-9-25-18(16)27/h6-7,9-10,14H,2-5,8,22H2,1H3,(H2,23,24,25)/t14-/m1/s1. The lowest BCUT2D eigenvalue weighted by Crippen LogP contribution is -2.32. The Kier molecular flexibility index (Phi) is 7.30. The lowest BCUT2D eigenvalue weighted by molar-refractivity contribution is -0.144. The van der Waals surface area contributed by atoms with Gasteiger partial charge in [0.2, 0.25) is 0 Å². The monoisotopic (exact) mass is 452 g/mol. The fourth-order valence-electron chi connectivity index (χ4n) is 2.90. The zero-order valence-electron chi connectivity index (χ0n) is 16.3. The second kappa shape index (κ2) is 9.92. The van der Waals surface area contributed by atoms with Crippen LogP contribution in [-0.4, -0.2) is 44.7 Å². The van der Waals surface area contributed by atoms with E-state index in [0.717, 1.165) is 0 Å². The number of rotatable bonds is 9. The summed E-state index contributed by atoms with van der Waals surface area (Å²) in [5, 5.41) is 0.897. The highest BCUT2D eigenvalue weighted by atomic mass is 35.5. The molecule has 0 fully saturated rings. The van der Waals surface area contributed by atoms with Crippen LogP contribution in [-0.2, 0) is 16.1 Å². The molecule has 9 nitrogen and oxygen atoms in total. The summed E-state index contributed by atoms with van der Waals surface area (Å²) in [6.07, 6.45) is 3.98. The van der Waals surface area contributed by atoms with E-state index < -0.39 is 12.0 Å². The predicted molar refractivity (Wildman–Crippen MR) is 115 cm³/mol. The average molecular weight is 453 g/mol. The number of nitrogens with two attached hydrogens (primary N) is 2. The fraction of sp³-hybridized carbons (Fsp3) is 0.368. The van der Waals surface area contributed by atoms with Crippen molar-refractivity contribution >= 4 is 46.2 Å². The summed E-state index contributed by atoms with van der Waals surface area (Å²) < 4.78 is 12.6. The summed E-state index contributed by atoms with van der Waals surface area (Å²) in [6.45, 7) is 2.71. The lowest BCUT2D eigenvalue weighted by Gasteiger charge is -2.15. The second-order valence-corrected chi connectivity index (χ2v) is 7.36. The van der Waals surface area contributed by atoms with E-state index >= 15 is 0 Å². The number of hydrogen-bond donors (Lipinski definition) is 2. The number of carbonyl (C=O) groups excluding carboxylic acids is 1. The van der Waals surface area contributed by atoms with Gasteiger partial charge in [-0.15, -0.1) is 0 Å². The van der Waals surface area contributed by atoms with Crippen LogP contribution >= 0.6 is 23.2 Å². The number of carbonyl (C=O) groups is 1. The van der Waals surface area contributed by atoms with Crippen molar-refractivity contribution in [2.75, 3.05) is 18.9 Å². The molecular formula is C19H22Cl2N6O3. The van der Waals surface area contributed by atoms with Crippen molar-refractivity contribution in [3.63, 3.8) is 0 Å². The molecule has 0 aliphatic carbocycles. The molecule has 160 valence electrons. The number of anilines is 1. The highest BCUT2D eigenvalue weighted by Gasteiger charge is 2.16. The molecule has 0 aliphatic rings. The molecule has 0 amide bonds. The van der Waals surface area contributed by atoms with Crippen molar-refractivity contribution in [3.05, 3.63) is 40.4 Å². The van der Waals surface area contributed by atoms with Crippen molar-refractivity contribution in [2.45, 2.75) is 32.4 Å². The first-order valence-electron chi connectivity index (χ1n) is 9.35. The second-order valence-electron chi connectivity index (χ2n) is 6.52. The smallest absolute Gasteiger partial charge is 0.322 e. The minimum atomic E-state index is -0.682. The van der Waals surface area contributed by atoms with Crippen molar-refractivity contribution in [1.29, 1.82) is 0 Å². The third-order valence-electron chi connectivity index (χ3n) is 4.38. The molecule has 0 radical (unpaired) electrons. The summed E-state index contributed by atoms with van der Waals surface area (Å²) >= 11 is 12.6. The summed E-state index contributed by atoms with van der Waals surface area (Å²) in [7, 11) is 0. The van der Waals surface area contributed by atoms with Crippen molar-refractivity contribution in [1.82, 2.24) is 19.5 Å². The summed E-state index contributed by atoms with van der Waals surface area (Å²) in [6, 6.07) is 2.65. The number of halogens is 2. The number of aromatic nitrogens is 4. The maximum absolute atomic E-state index is 11.6. The maximum Gasteiger partial charge on any atom is 0.322 e. The number of hydrogen-bond acceptors (Lipinski definition) is 8. The van der Waals surface area contributed by atoms with Crippen LogP contribution < -0.4 is 16.2 Å². The topological polar surface area (TPSA) is 131 Å². The van der Waals surface area contributed by atoms with E-state index in [1.165, 1.54) is 6.33 Å². The summed E-state index contributed by atoms with van der Waals surface area (Å²) in [5.41, 5.74) is 13.5. The Labute approximate surface area is 183 Å². The van der Waals surface area contributed by atoms with Gasteiger partial charge in [0.1, 0.15) is 23.6 Å². The van der Waals surface area contributed by atoms with Crippen LogP contribution in [0.2, 0.25) is 10.0 Å². The van der Waals surface area contributed by atoms with E-state index in [2.05, 4.69) is 15.0 Å². The van der Waals surface area contributed by atoms with Gasteiger partial charge >= 0.3 is 5.97 Å². The van der Waals surface area contributed by atoms with Crippen LogP contribution in [0.25, 0.3) is 11.2 Å². The van der Waals surface area contributed by atoms with Gasteiger partial charge in [-0.25, -0.2) is 15.0 Å². The molecule has 2 aromatic heterocycles. The Bertz CT molecular complexity index is 1040. The summed E-state index contributed by atoms with van der Waals surface area (Å²) in [4.78, 5) is 24.1. The quantitative estimate of drug-likeness (QED) is 0.374. The first-order valence-corrected chi connectivity index (χ1v) is 10.1. The zero-order valence-corrected chi connectivity index (χ0v) is 17.9. The van der Waals surface area contributed by atoms with Crippen LogP contribution in [0.3, 0.4) is 0 Å². The molecule has 11 heteroatoms. The molecule has 0 spiro atoms. The molecule has 4 N–H and O–H groups in total. The molecule has 1 atom stereocenters. The first-order chi connectivity index (χ1) is 14.4. The number of esters is 1.